The highest BCUT2D eigenvalue weighted by Crippen LogP contribution is 2.37. The molecule has 2 N–H and O–H groups in total. The molecular weight excluding hydrogens is 476 g/mol. The van der Waals surface area contributed by atoms with Gasteiger partial charge in [-0.05, 0) is 58.7 Å². The summed E-state index contributed by atoms with van der Waals surface area (Å²) >= 11 is 6.06. The number of rotatable bonds is 9. The molecule has 3 aromatic heterocycles. The molecule has 1 amide bonds. The second kappa shape index (κ2) is 11.0. The van der Waals surface area contributed by atoms with Gasteiger partial charge in [0, 0.05) is 29.2 Å². The van der Waals surface area contributed by atoms with Crippen LogP contribution in [0.25, 0.3) is 22.3 Å². The molecule has 0 saturated carbocycles. The lowest BCUT2D eigenvalue weighted by molar-refractivity contribution is -0.117. The molecule has 0 bridgehead atoms. The fourth-order valence-electron chi connectivity index (χ4n) is 3.60. The first kappa shape index (κ1) is 24.2. The van der Waals surface area contributed by atoms with E-state index >= 15 is 0 Å². The number of anilines is 1. The summed E-state index contributed by atoms with van der Waals surface area (Å²) in [6.45, 7) is -0.590. The van der Waals surface area contributed by atoms with Gasteiger partial charge in [-0.15, -0.1) is 0 Å². The topological polar surface area (TPSA) is 91.2 Å². The van der Waals surface area contributed by atoms with E-state index in [0.29, 0.717) is 22.8 Å². The van der Waals surface area contributed by atoms with Crippen LogP contribution in [0.5, 0.6) is 0 Å². The Morgan fingerprint density at radius 3 is 2.40 bits per heavy atom. The second-order valence-corrected chi connectivity index (χ2v) is 7.91. The molecule has 0 aliphatic heterocycles. The standard InChI is InChI=1S/C25H20ClF2N5O2/c26-19-4-1-16(2-5-19)20-9-12-30-25(23(20)17-7-10-29-11-8-17)32-33(15-35)13-18-3-6-21(24(27)28)31-22(18)14-34/h1-12,15,24,34H,13-14H2,(H,30,32). The average Bonchev–Trinajstić information content (AvgIpc) is 2.89. The number of aromatic nitrogens is 3. The van der Waals surface area contributed by atoms with Crippen molar-refractivity contribution >= 4 is 23.8 Å². The zero-order valence-electron chi connectivity index (χ0n) is 18.3. The number of nitrogens with one attached hydrogen (secondary N) is 1. The molecule has 0 unspecified atom stereocenters. The quantitative estimate of drug-likeness (QED) is 0.243. The highest BCUT2D eigenvalue weighted by molar-refractivity contribution is 6.30. The van der Waals surface area contributed by atoms with Crippen molar-refractivity contribution in [1.29, 1.82) is 0 Å². The summed E-state index contributed by atoms with van der Waals surface area (Å²) < 4.78 is 26.0. The molecule has 0 fully saturated rings. The van der Waals surface area contributed by atoms with Gasteiger partial charge in [-0.3, -0.25) is 20.2 Å². The number of amides is 1. The van der Waals surface area contributed by atoms with Gasteiger partial charge in [-0.25, -0.2) is 18.7 Å². The number of nitrogens with zero attached hydrogens (tertiary/aromatic N) is 4. The number of hydrogen-bond acceptors (Lipinski definition) is 6. The molecule has 0 saturated heterocycles. The minimum absolute atomic E-state index is 0.0431. The Labute approximate surface area is 205 Å². The van der Waals surface area contributed by atoms with E-state index in [2.05, 4.69) is 20.4 Å². The van der Waals surface area contributed by atoms with Crippen LogP contribution in [0.15, 0.2) is 73.2 Å². The summed E-state index contributed by atoms with van der Waals surface area (Å²) in [5.41, 5.74) is 6.30. The monoisotopic (exact) mass is 495 g/mol. The lowest BCUT2D eigenvalue weighted by Crippen LogP contribution is -2.29. The molecule has 1 aromatic carbocycles. The molecule has 0 aliphatic rings. The van der Waals surface area contributed by atoms with E-state index in [4.69, 9.17) is 11.6 Å². The van der Waals surface area contributed by atoms with Crippen molar-refractivity contribution in [2.24, 2.45) is 0 Å². The molecule has 4 rings (SSSR count). The molecule has 178 valence electrons. The van der Waals surface area contributed by atoms with Crippen LogP contribution in [-0.4, -0.2) is 31.5 Å². The van der Waals surface area contributed by atoms with Gasteiger partial charge in [0.05, 0.1) is 18.8 Å². The summed E-state index contributed by atoms with van der Waals surface area (Å²) in [7, 11) is 0. The van der Waals surface area contributed by atoms with Crippen molar-refractivity contribution in [3.63, 3.8) is 0 Å². The number of aliphatic hydroxyl groups is 1. The smallest absolute Gasteiger partial charge is 0.280 e. The first-order valence-electron chi connectivity index (χ1n) is 10.5. The summed E-state index contributed by atoms with van der Waals surface area (Å²) in [5, 5.41) is 11.4. The normalized spacial score (nSPS) is 10.9. The van der Waals surface area contributed by atoms with E-state index in [0.717, 1.165) is 22.3 Å². The largest absolute Gasteiger partial charge is 0.390 e. The van der Waals surface area contributed by atoms with Crippen LogP contribution in [0, 0.1) is 0 Å². The third-order valence-electron chi connectivity index (χ3n) is 5.26. The third-order valence-corrected chi connectivity index (χ3v) is 5.51. The Morgan fingerprint density at radius 2 is 1.74 bits per heavy atom. The molecule has 4 aromatic rings. The maximum absolute atomic E-state index is 13.0. The SMILES string of the molecule is O=CN(Cc1ccc(C(F)F)nc1CO)Nc1nccc(-c2ccc(Cl)cc2)c1-c1ccncc1. The second-order valence-electron chi connectivity index (χ2n) is 7.47. The van der Waals surface area contributed by atoms with Crippen LogP contribution in [0.4, 0.5) is 14.6 Å². The van der Waals surface area contributed by atoms with E-state index in [1.807, 2.05) is 30.3 Å². The Hall–Kier alpha value is -3.95. The first-order valence-corrected chi connectivity index (χ1v) is 10.9. The highest BCUT2D eigenvalue weighted by Gasteiger charge is 2.18. The summed E-state index contributed by atoms with van der Waals surface area (Å²) in [6.07, 6.45) is 2.70. The summed E-state index contributed by atoms with van der Waals surface area (Å²) in [6, 6.07) is 15.4. The Bertz CT molecular complexity index is 1310. The zero-order valence-corrected chi connectivity index (χ0v) is 19.0. The molecule has 10 heteroatoms. The average molecular weight is 496 g/mol. The Kier molecular flexibility index (Phi) is 7.59. The number of aliphatic hydroxyl groups excluding tert-OH is 1. The van der Waals surface area contributed by atoms with Gasteiger partial charge in [0.2, 0.25) is 6.41 Å². The van der Waals surface area contributed by atoms with Crippen molar-refractivity contribution in [1.82, 2.24) is 20.0 Å². The van der Waals surface area contributed by atoms with Crippen LogP contribution in [-0.2, 0) is 17.9 Å². The van der Waals surface area contributed by atoms with Gasteiger partial charge in [-0.2, -0.15) is 0 Å². The van der Waals surface area contributed by atoms with Gasteiger partial charge >= 0.3 is 0 Å². The molecule has 0 spiro atoms. The van der Waals surface area contributed by atoms with Crippen molar-refractivity contribution in [3.8, 4) is 22.3 Å². The van der Waals surface area contributed by atoms with E-state index in [-0.39, 0.29) is 12.2 Å². The third kappa shape index (κ3) is 5.59. The molecule has 35 heavy (non-hydrogen) atoms. The van der Waals surface area contributed by atoms with E-state index < -0.39 is 18.7 Å². The van der Waals surface area contributed by atoms with Crippen molar-refractivity contribution < 1.29 is 18.7 Å². The fourth-order valence-corrected chi connectivity index (χ4v) is 3.73. The molecule has 0 radical (unpaired) electrons. The van der Waals surface area contributed by atoms with Gasteiger partial charge in [0.15, 0.2) is 5.82 Å². The number of pyridine rings is 3. The van der Waals surface area contributed by atoms with Gasteiger partial charge in [0.1, 0.15) is 5.69 Å². The number of carbonyl (C=O) groups excluding carboxylic acids is 1. The van der Waals surface area contributed by atoms with E-state index in [1.54, 1.807) is 30.7 Å². The first-order chi connectivity index (χ1) is 17.0. The van der Waals surface area contributed by atoms with Gasteiger partial charge in [0.25, 0.3) is 6.43 Å². The van der Waals surface area contributed by atoms with Crippen LogP contribution < -0.4 is 5.43 Å². The van der Waals surface area contributed by atoms with E-state index in [9.17, 15) is 18.7 Å². The van der Waals surface area contributed by atoms with Crippen molar-refractivity contribution in [3.05, 3.63) is 95.2 Å². The van der Waals surface area contributed by atoms with E-state index in [1.165, 1.54) is 17.1 Å². The maximum Gasteiger partial charge on any atom is 0.280 e. The number of carbonyl (C=O) groups is 1. The van der Waals surface area contributed by atoms with Crippen molar-refractivity contribution in [2.75, 3.05) is 5.43 Å². The molecule has 0 atom stereocenters. The number of hydrogen-bond donors (Lipinski definition) is 2. The maximum atomic E-state index is 13.0. The number of hydrazine groups is 1. The van der Waals surface area contributed by atoms with Crippen LogP contribution in [0.2, 0.25) is 5.02 Å². The van der Waals surface area contributed by atoms with Gasteiger partial charge < -0.3 is 5.11 Å². The number of benzene rings is 1. The zero-order chi connectivity index (χ0) is 24.8. The number of halogens is 3. The molecular formula is C25H20ClF2N5O2. The summed E-state index contributed by atoms with van der Waals surface area (Å²) in [4.78, 5) is 24.3. The minimum atomic E-state index is -2.77. The Morgan fingerprint density at radius 1 is 1.00 bits per heavy atom. The van der Waals surface area contributed by atoms with Crippen LogP contribution in [0.1, 0.15) is 23.4 Å². The van der Waals surface area contributed by atoms with Crippen LogP contribution >= 0.6 is 11.6 Å². The van der Waals surface area contributed by atoms with Crippen molar-refractivity contribution in [2.45, 2.75) is 19.6 Å². The highest BCUT2D eigenvalue weighted by atomic mass is 35.5. The lowest BCUT2D eigenvalue weighted by Gasteiger charge is -2.23. The molecule has 0 aliphatic carbocycles. The molecule has 3 heterocycles. The number of alkyl halides is 2. The fraction of sp³-hybridized carbons (Fsp3) is 0.120. The lowest BCUT2D eigenvalue weighted by atomic mass is 9.96. The predicted octanol–water partition coefficient (Wildman–Crippen LogP) is 5.27. The summed E-state index contributed by atoms with van der Waals surface area (Å²) in [5.74, 6) is 0.387. The molecule has 7 nitrogen and oxygen atoms in total. The van der Waals surface area contributed by atoms with Crippen LogP contribution in [0.3, 0.4) is 0 Å². The Balaban J connectivity index is 1.72. The minimum Gasteiger partial charge on any atom is -0.390 e. The van der Waals surface area contributed by atoms with Gasteiger partial charge in [-0.1, -0.05) is 29.8 Å². The predicted molar refractivity (Wildman–Crippen MR) is 128 cm³/mol.